The Morgan fingerprint density at radius 2 is 1.71 bits per heavy atom. The van der Waals surface area contributed by atoms with E-state index < -0.39 is 11.9 Å². The number of benzene rings is 2. The summed E-state index contributed by atoms with van der Waals surface area (Å²) in [5.41, 5.74) is 2.66. The second kappa shape index (κ2) is 12.6. The fourth-order valence-electron chi connectivity index (χ4n) is 4.64. The van der Waals surface area contributed by atoms with Crippen LogP contribution in [0, 0.1) is 5.92 Å². The van der Waals surface area contributed by atoms with E-state index in [1.54, 1.807) is 60.7 Å². The van der Waals surface area contributed by atoms with Crippen molar-refractivity contribution in [2.45, 2.75) is 19.5 Å². The van der Waals surface area contributed by atoms with E-state index in [1.807, 2.05) is 24.3 Å². The van der Waals surface area contributed by atoms with Gasteiger partial charge in [0.15, 0.2) is 6.54 Å². The Kier molecular flexibility index (Phi) is 8.55. The molecular formula is C31H28ClN4O5+. The van der Waals surface area contributed by atoms with Gasteiger partial charge in [0.25, 0.3) is 11.8 Å². The number of nitrogens with zero attached hydrogens (tertiary/aromatic N) is 2. The highest BCUT2D eigenvalue weighted by atomic mass is 35.5. The second-order valence-corrected chi connectivity index (χ2v) is 10.1. The molecule has 2 N–H and O–H groups in total. The molecule has 2 heterocycles. The van der Waals surface area contributed by atoms with Crippen molar-refractivity contribution in [1.29, 1.82) is 0 Å². The van der Waals surface area contributed by atoms with Gasteiger partial charge in [-0.2, -0.15) is 14.3 Å². The number of carbonyl (C=O) groups excluding carboxylic acids is 4. The molecule has 10 heteroatoms. The first kappa shape index (κ1) is 27.8. The summed E-state index contributed by atoms with van der Waals surface area (Å²) < 4.78 is 6.57. The standard InChI is InChI=1S/C31H27ClN4O5/c32-24-13-9-21(10-14-24)15-16-33-29(38)23-11-7-22(8-12-23)19-36-30(39)26-5-1-2-6-27(26)35(31(36)40)20-28(37)34-18-25-4-3-17-41-25/h1-14,17,26H,15-16,18-20H2,(H-,33,34,37,38)/p+1. The number of rotatable bonds is 10. The molecule has 1 aliphatic heterocycles. The van der Waals surface area contributed by atoms with Crippen LogP contribution < -0.4 is 10.6 Å². The molecule has 2 aromatic carbocycles. The normalized spacial score (nSPS) is 16.1. The zero-order valence-corrected chi connectivity index (χ0v) is 22.8. The van der Waals surface area contributed by atoms with Crippen molar-refractivity contribution >= 4 is 41.1 Å². The van der Waals surface area contributed by atoms with Gasteiger partial charge in [-0.3, -0.25) is 9.59 Å². The van der Waals surface area contributed by atoms with E-state index in [0.717, 1.165) is 10.5 Å². The van der Waals surface area contributed by atoms with Crippen LogP contribution in [0.2, 0.25) is 5.02 Å². The molecule has 5 amide bonds. The molecular weight excluding hydrogens is 544 g/mol. The van der Waals surface area contributed by atoms with E-state index in [0.29, 0.717) is 40.6 Å². The summed E-state index contributed by atoms with van der Waals surface area (Å²) in [6, 6.07) is 17.1. The maximum Gasteiger partial charge on any atom is 0.501 e. The first-order valence-corrected chi connectivity index (χ1v) is 13.5. The van der Waals surface area contributed by atoms with Crippen molar-refractivity contribution in [3.05, 3.63) is 119 Å². The summed E-state index contributed by atoms with van der Waals surface area (Å²) in [7, 11) is 0. The molecule has 3 aromatic rings. The molecule has 1 unspecified atom stereocenters. The molecule has 1 aliphatic carbocycles. The van der Waals surface area contributed by atoms with Gasteiger partial charge in [-0.15, -0.1) is 0 Å². The highest BCUT2D eigenvalue weighted by molar-refractivity contribution is 6.30. The molecule has 0 bridgehead atoms. The summed E-state index contributed by atoms with van der Waals surface area (Å²) in [4.78, 5) is 53.2. The van der Waals surface area contributed by atoms with Crippen LogP contribution >= 0.6 is 11.6 Å². The zero-order valence-electron chi connectivity index (χ0n) is 22.1. The van der Waals surface area contributed by atoms with Gasteiger partial charge in [0.2, 0.25) is 0 Å². The van der Waals surface area contributed by atoms with E-state index in [1.165, 1.54) is 10.8 Å². The Balaban J connectivity index is 1.22. The summed E-state index contributed by atoms with van der Waals surface area (Å²) in [6.45, 7) is 0.405. The predicted molar refractivity (Wildman–Crippen MR) is 152 cm³/mol. The quantitative estimate of drug-likeness (QED) is 0.359. The van der Waals surface area contributed by atoms with E-state index in [9.17, 15) is 19.2 Å². The molecule has 0 saturated heterocycles. The number of allylic oxidation sites excluding steroid dienone is 3. The van der Waals surface area contributed by atoms with Crippen LogP contribution in [0.5, 0.6) is 0 Å². The molecule has 9 nitrogen and oxygen atoms in total. The third kappa shape index (κ3) is 6.70. The predicted octanol–water partition coefficient (Wildman–Crippen LogP) is 3.88. The molecule has 5 rings (SSSR count). The number of fused-ring (bicyclic) bond motifs is 1. The number of nitrogens with one attached hydrogen (secondary N) is 2. The van der Waals surface area contributed by atoms with Gasteiger partial charge in [-0.25, -0.2) is 4.79 Å². The van der Waals surface area contributed by atoms with Gasteiger partial charge in [0.1, 0.15) is 23.9 Å². The van der Waals surface area contributed by atoms with Gasteiger partial charge < -0.3 is 15.1 Å². The minimum absolute atomic E-state index is 0.00197. The molecule has 0 radical (unpaired) electrons. The SMILES string of the molecule is O=C(C[N+]1=C2C=CC=CC2C(=O)N(Cc2ccc(C(=O)NCCc3ccc(Cl)cc3)cc2)C1=O)NCc1ccco1. The minimum Gasteiger partial charge on any atom is -0.467 e. The van der Waals surface area contributed by atoms with Crippen molar-refractivity contribution < 1.29 is 28.2 Å². The number of amides is 5. The largest absolute Gasteiger partial charge is 0.501 e. The Labute approximate surface area is 241 Å². The molecule has 1 atom stereocenters. The Morgan fingerprint density at radius 3 is 2.44 bits per heavy atom. The maximum atomic E-state index is 13.5. The fourth-order valence-corrected chi connectivity index (χ4v) is 4.76. The average molecular weight is 572 g/mol. The van der Waals surface area contributed by atoms with Crippen molar-refractivity contribution in [2.24, 2.45) is 5.92 Å². The van der Waals surface area contributed by atoms with Crippen LogP contribution in [0.1, 0.15) is 27.2 Å². The topological polar surface area (TPSA) is 112 Å². The lowest BCUT2D eigenvalue weighted by Crippen LogP contribution is -2.55. The third-order valence-corrected chi connectivity index (χ3v) is 7.07. The number of furan rings is 1. The van der Waals surface area contributed by atoms with Crippen LogP contribution in [-0.2, 0) is 29.1 Å². The van der Waals surface area contributed by atoms with Crippen LogP contribution in [0.4, 0.5) is 4.79 Å². The van der Waals surface area contributed by atoms with Crippen LogP contribution in [0.3, 0.4) is 0 Å². The van der Waals surface area contributed by atoms with Crippen molar-refractivity contribution in [3.63, 3.8) is 0 Å². The summed E-state index contributed by atoms with van der Waals surface area (Å²) in [5, 5.41) is 6.29. The molecule has 0 spiro atoms. The Morgan fingerprint density at radius 1 is 0.951 bits per heavy atom. The lowest BCUT2D eigenvalue weighted by Gasteiger charge is -2.26. The van der Waals surface area contributed by atoms with Crippen LogP contribution in [0.15, 0.2) is 95.6 Å². The van der Waals surface area contributed by atoms with E-state index in [2.05, 4.69) is 10.6 Å². The minimum atomic E-state index is -0.679. The lowest BCUT2D eigenvalue weighted by molar-refractivity contribution is -0.429. The molecule has 208 valence electrons. The summed E-state index contributed by atoms with van der Waals surface area (Å²) in [5.74, 6) is -1.07. The lowest BCUT2D eigenvalue weighted by atomic mass is 9.94. The van der Waals surface area contributed by atoms with Crippen molar-refractivity contribution in [2.75, 3.05) is 13.1 Å². The summed E-state index contributed by atoms with van der Waals surface area (Å²) in [6.07, 6.45) is 9.05. The number of imide groups is 1. The average Bonchev–Trinajstić information content (AvgIpc) is 3.51. The Hall–Kier alpha value is -4.76. The van der Waals surface area contributed by atoms with Gasteiger partial charge in [-0.1, -0.05) is 54.1 Å². The van der Waals surface area contributed by atoms with Crippen LogP contribution in [-0.4, -0.2) is 52.0 Å². The fraction of sp³-hybridized carbons (Fsp3) is 0.194. The van der Waals surface area contributed by atoms with Crippen molar-refractivity contribution in [3.8, 4) is 0 Å². The molecule has 1 aromatic heterocycles. The Bertz CT molecular complexity index is 1540. The van der Waals surface area contributed by atoms with Crippen LogP contribution in [0.25, 0.3) is 0 Å². The van der Waals surface area contributed by atoms with E-state index in [4.69, 9.17) is 16.0 Å². The monoisotopic (exact) mass is 571 g/mol. The highest BCUT2D eigenvalue weighted by Crippen LogP contribution is 2.22. The van der Waals surface area contributed by atoms with Gasteiger partial charge >= 0.3 is 11.9 Å². The molecule has 2 aliphatic rings. The first-order valence-electron chi connectivity index (χ1n) is 13.1. The van der Waals surface area contributed by atoms with Gasteiger partial charge in [0, 0.05) is 17.1 Å². The first-order chi connectivity index (χ1) is 19.9. The second-order valence-electron chi connectivity index (χ2n) is 9.63. The third-order valence-electron chi connectivity index (χ3n) is 6.82. The maximum absolute atomic E-state index is 13.5. The molecule has 41 heavy (non-hydrogen) atoms. The zero-order chi connectivity index (χ0) is 28.8. The number of hydrogen-bond donors (Lipinski definition) is 2. The smallest absolute Gasteiger partial charge is 0.467 e. The highest BCUT2D eigenvalue weighted by Gasteiger charge is 2.47. The number of halogens is 1. The van der Waals surface area contributed by atoms with Gasteiger partial charge in [-0.05, 0) is 60.0 Å². The van der Waals surface area contributed by atoms with Gasteiger partial charge in [0.05, 0.1) is 12.8 Å². The molecule has 0 saturated carbocycles. The van der Waals surface area contributed by atoms with E-state index in [-0.39, 0.29) is 37.4 Å². The van der Waals surface area contributed by atoms with Crippen molar-refractivity contribution in [1.82, 2.24) is 15.5 Å². The summed E-state index contributed by atoms with van der Waals surface area (Å²) >= 11 is 5.91. The van der Waals surface area contributed by atoms with E-state index >= 15 is 0 Å². The number of urea groups is 1. The number of carbonyl (C=O) groups is 4. The molecule has 0 fully saturated rings. The number of hydrogen-bond acceptors (Lipinski definition) is 5.